The molecule has 9 aromatic carbocycles. The first-order valence-electron chi connectivity index (χ1n) is 27.4. The van der Waals surface area contributed by atoms with Crippen LogP contribution in [-0.4, -0.2) is 0 Å². The van der Waals surface area contributed by atoms with Gasteiger partial charge in [0.15, 0.2) is 34.9 Å². The third-order valence-electron chi connectivity index (χ3n) is 15.6. The summed E-state index contributed by atoms with van der Waals surface area (Å²) in [7, 11) is 0. The van der Waals surface area contributed by atoms with E-state index in [1.165, 1.54) is 74.6 Å². The van der Waals surface area contributed by atoms with Crippen LogP contribution >= 0.6 is 0 Å². The van der Waals surface area contributed by atoms with E-state index < -0.39 is 69.8 Å². The van der Waals surface area contributed by atoms with Crippen molar-refractivity contribution in [2.24, 2.45) is 11.8 Å². The van der Waals surface area contributed by atoms with Crippen LogP contribution < -0.4 is 4.74 Å². The van der Waals surface area contributed by atoms with E-state index in [9.17, 15) is 52.7 Å². The Labute approximate surface area is 506 Å². The molecule has 0 aromatic heterocycles. The summed E-state index contributed by atoms with van der Waals surface area (Å²) in [6.07, 6.45) is 5.39. The molecule has 0 atom stereocenters. The van der Waals surface area contributed by atoms with Crippen molar-refractivity contribution in [1.82, 2.24) is 0 Å². The molecule has 0 N–H and O–H groups in total. The van der Waals surface area contributed by atoms with Gasteiger partial charge >= 0.3 is 6.11 Å². The zero-order chi connectivity index (χ0) is 59.1. The first-order chi connectivity index (χ1) is 39.7. The van der Waals surface area contributed by atoms with Gasteiger partial charge in [-0.3, -0.25) is 0 Å². The quantitative estimate of drug-likeness (QED) is 0.0753. The van der Waals surface area contributed by atoms with Crippen LogP contribution in [0.5, 0.6) is 5.75 Å². The molecule has 0 saturated heterocycles. The molecule has 0 heterocycles. The molecule has 9 aromatic rings. The number of aryl methyl sites for hydroxylation is 1. The summed E-state index contributed by atoms with van der Waals surface area (Å²) in [5.74, 6) is -12.2. The van der Waals surface area contributed by atoms with Gasteiger partial charge in [-0.1, -0.05) is 142 Å². The van der Waals surface area contributed by atoms with Crippen molar-refractivity contribution in [2.45, 2.75) is 90.1 Å². The summed E-state index contributed by atoms with van der Waals surface area (Å²) < 4.78 is 171. The van der Waals surface area contributed by atoms with Crippen LogP contribution in [0.15, 0.2) is 170 Å². The van der Waals surface area contributed by atoms with Gasteiger partial charge in [0.05, 0.1) is 0 Å². The van der Waals surface area contributed by atoms with Crippen molar-refractivity contribution in [3.63, 3.8) is 0 Å². The molecule has 14 heteroatoms. The predicted molar refractivity (Wildman–Crippen MR) is 301 cm³/mol. The Bertz CT molecular complexity index is 3620. The minimum Gasteiger partial charge on any atom is -0.429 e. The summed E-state index contributed by atoms with van der Waals surface area (Å²) in [5, 5.41) is 0. The summed E-state index contributed by atoms with van der Waals surface area (Å²) in [6.45, 7) is 6.52. The van der Waals surface area contributed by atoms with Crippen LogP contribution in [0.2, 0.25) is 0 Å². The third kappa shape index (κ3) is 15.3. The van der Waals surface area contributed by atoms with E-state index in [-0.39, 0.29) is 61.8 Å². The van der Waals surface area contributed by atoms with Gasteiger partial charge in [-0.05, 0) is 148 Å². The topological polar surface area (TPSA) is 9.23 Å². The Balaban J connectivity index is 0.000000168. The van der Waals surface area contributed by atoms with Gasteiger partial charge in [-0.2, -0.15) is 39.1 Å². The van der Waals surface area contributed by atoms with Crippen LogP contribution in [0.1, 0.15) is 99.3 Å². The van der Waals surface area contributed by atoms with E-state index in [1.54, 1.807) is 18.2 Å². The second-order valence-corrected chi connectivity index (χ2v) is 21.6. The van der Waals surface area contributed by atoms with E-state index in [0.717, 1.165) is 52.3 Å². The van der Waals surface area contributed by atoms with E-state index >= 15 is 0 Å². The second-order valence-electron chi connectivity index (χ2n) is 21.6. The van der Waals surface area contributed by atoms with Crippen molar-refractivity contribution in [3.05, 3.63) is 256 Å². The maximum absolute atomic E-state index is 14.8. The molecule has 0 amide bonds. The maximum atomic E-state index is 14.8. The smallest absolute Gasteiger partial charge is 0.429 e. The Hall–Kier alpha value is -6.96. The largest absolute Gasteiger partial charge is 0.432 e. The van der Waals surface area contributed by atoms with Crippen molar-refractivity contribution in [3.8, 4) is 61.4 Å². The molecule has 84 heavy (non-hydrogen) atoms. The van der Waals surface area contributed by atoms with E-state index in [0.29, 0.717) is 51.8 Å². The standard InChI is InChI=1S/C26H14F8O.C25H24F.C19H19F3.Y/c1-13-2-4-14(5-3-13)15-6-7-18(19(27)8-15)16-9-20(28)24(21(29)10-16)26(33,34)35-17-11-22(30)25(32)23(31)12-17;1-18-7-9-19(10-8-18)20-11-13-21(14-12-20)23-15-16-24(25(26)17-23)22-5-3-2-4-6-22;1-12-2-4-13(5-3-12)14-6-8-15(9-7-14)16-10-17(20)19(22)18(21)11-16;/h2-12H,1H3;3-6,11-19H,7-10H2,1H3;6-13H,2-5H2,1H3;/q;-1;;. The molecule has 2 aliphatic rings. The third-order valence-corrected chi connectivity index (χ3v) is 15.6. The van der Waals surface area contributed by atoms with Crippen molar-refractivity contribution in [2.75, 3.05) is 0 Å². The zero-order valence-corrected chi connectivity index (χ0v) is 49.0. The summed E-state index contributed by atoms with van der Waals surface area (Å²) in [6, 6.07) is 46.7. The summed E-state index contributed by atoms with van der Waals surface area (Å²) in [4.78, 5) is 0. The first-order valence-corrected chi connectivity index (χ1v) is 27.4. The van der Waals surface area contributed by atoms with Gasteiger partial charge in [0.25, 0.3) is 0 Å². The number of rotatable bonds is 10. The van der Waals surface area contributed by atoms with Crippen molar-refractivity contribution < 1.29 is 90.1 Å². The molecule has 0 spiro atoms. The first kappa shape index (κ1) is 63.1. The molecular weight excluding hydrogens is 1170 g/mol. The monoisotopic (exact) mass is 1230 g/mol. The minimum atomic E-state index is -4.74. The van der Waals surface area contributed by atoms with Crippen LogP contribution in [0.25, 0.3) is 55.6 Å². The van der Waals surface area contributed by atoms with Gasteiger partial charge in [-0.15, -0.1) is 5.56 Å². The summed E-state index contributed by atoms with van der Waals surface area (Å²) in [5.41, 5.74) is 6.97. The van der Waals surface area contributed by atoms with Crippen molar-refractivity contribution in [1.29, 1.82) is 0 Å². The van der Waals surface area contributed by atoms with E-state index in [4.69, 9.17) is 0 Å². The fourth-order valence-electron chi connectivity index (χ4n) is 10.8. The molecule has 431 valence electrons. The molecule has 2 saturated carbocycles. The molecule has 2 aliphatic carbocycles. The minimum absolute atomic E-state index is 0. The van der Waals surface area contributed by atoms with Crippen LogP contribution in [0.3, 0.4) is 0 Å². The fraction of sp³-hybridized carbons (Fsp3) is 0.229. The average molecular weight is 1230 g/mol. The maximum Gasteiger partial charge on any atom is 0.432 e. The predicted octanol–water partition coefficient (Wildman–Crippen LogP) is 21.6. The second kappa shape index (κ2) is 27.8. The number of alkyl halides is 2. The number of hydrogen-bond donors (Lipinski definition) is 0. The van der Waals surface area contributed by atoms with Crippen LogP contribution in [0, 0.1) is 83.0 Å². The van der Waals surface area contributed by atoms with Crippen LogP contribution in [-0.2, 0) is 38.8 Å². The Kier molecular flexibility index (Phi) is 20.9. The number of halogens is 12. The fourth-order valence-corrected chi connectivity index (χ4v) is 10.8. The molecule has 11 rings (SSSR count). The van der Waals surface area contributed by atoms with E-state index in [2.05, 4.69) is 48.9 Å². The van der Waals surface area contributed by atoms with Gasteiger partial charge in [0.2, 0.25) is 0 Å². The van der Waals surface area contributed by atoms with Gasteiger partial charge in [0, 0.05) is 50.4 Å². The van der Waals surface area contributed by atoms with Gasteiger partial charge < -0.3 is 4.74 Å². The Morgan fingerprint density at radius 1 is 0.369 bits per heavy atom. The average Bonchev–Trinajstić information content (AvgIpc) is 1.84. The van der Waals surface area contributed by atoms with Gasteiger partial charge in [-0.25, -0.2) is 43.9 Å². The molecule has 0 aliphatic heterocycles. The SMILES string of the molecule is CC1CCC(c2ccc(-c3cc(F)c(F)c(F)c3)cc2)CC1.CC1CCC(c2ccc(-c3ccc(-c4cc[c-]cc4)c(F)c3)cc2)CC1.Cc1ccc(-c2ccc(-c3cc(F)c(C(F)(F)Oc4cc(F)c(F)c(F)c4)c(F)c3)c(F)c2)cc1.[Y]. The van der Waals surface area contributed by atoms with Gasteiger partial charge in [0.1, 0.15) is 34.6 Å². The molecule has 1 nitrogen and oxygen atoms in total. The normalized spacial score (nSPS) is 16.8. The zero-order valence-electron chi connectivity index (χ0n) is 46.2. The Morgan fingerprint density at radius 3 is 1.13 bits per heavy atom. The molecule has 0 unspecified atom stereocenters. The molecule has 2 fully saturated rings. The van der Waals surface area contributed by atoms with Crippen molar-refractivity contribution >= 4 is 0 Å². The number of benzene rings is 9. The summed E-state index contributed by atoms with van der Waals surface area (Å²) >= 11 is 0. The molecule has 1 radical (unpaired) electrons. The van der Waals surface area contributed by atoms with E-state index in [1.807, 2.05) is 79.7 Å². The number of hydrogen-bond acceptors (Lipinski definition) is 1. The molecular formula is C70H57F12OY-. The Morgan fingerprint density at radius 2 is 0.714 bits per heavy atom. The molecule has 0 bridgehead atoms. The van der Waals surface area contributed by atoms with Crippen LogP contribution in [0.4, 0.5) is 52.7 Å². The number of ether oxygens (including phenoxy) is 1.